The van der Waals surface area contributed by atoms with Gasteiger partial charge in [-0.2, -0.15) is 0 Å². The number of amides is 1. The summed E-state index contributed by atoms with van der Waals surface area (Å²) >= 11 is 0. The summed E-state index contributed by atoms with van der Waals surface area (Å²) in [6.07, 6.45) is 9.25. The van der Waals surface area contributed by atoms with Gasteiger partial charge in [0.2, 0.25) is 0 Å². The average Bonchev–Trinajstić information content (AvgIpc) is 3.33. The van der Waals surface area contributed by atoms with Crippen molar-refractivity contribution in [3.63, 3.8) is 0 Å². The van der Waals surface area contributed by atoms with E-state index < -0.39 is 0 Å². The van der Waals surface area contributed by atoms with E-state index in [9.17, 15) is 9.90 Å². The van der Waals surface area contributed by atoms with Gasteiger partial charge in [-0.15, -0.1) is 0 Å². The van der Waals surface area contributed by atoms with E-state index in [1.807, 2.05) is 0 Å². The zero-order chi connectivity index (χ0) is 22.5. The molecule has 1 saturated heterocycles. The lowest BCUT2D eigenvalue weighted by atomic mass is 9.90. The van der Waals surface area contributed by atoms with Crippen molar-refractivity contribution in [1.82, 2.24) is 4.90 Å². The fourth-order valence-electron chi connectivity index (χ4n) is 6.10. The van der Waals surface area contributed by atoms with Crippen LogP contribution < -0.4 is 10.6 Å². The largest absolute Gasteiger partial charge is 0.396 e. The number of carbonyl (C=O) groups is 1. The first kappa shape index (κ1) is 21.3. The lowest BCUT2D eigenvalue weighted by Gasteiger charge is -2.44. The smallest absolute Gasteiger partial charge is 0.251 e. The second-order valence-electron chi connectivity index (χ2n) is 9.99. The highest BCUT2D eigenvalue weighted by Crippen LogP contribution is 2.59. The van der Waals surface area contributed by atoms with Crippen LogP contribution in [0, 0.1) is 18.3 Å². The molecule has 0 aromatic heterocycles. The Hall–Kier alpha value is -2.53. The second kappa shape index (κ2) is 8.11. The van der Waals surface area contributed by atoms with Crippen LogP contribution >= 0.6 is 0 Å². The number of benzene rings is 1. The summed E-state index contributed by atoms with van der Waals surface area (Å²) in [6, 6.07) is 8.44. The third kappa shape index (κ3) is 3.29. The van der Waals surface area contributed by atoms with Crippen LogP contribution in [0.3, 0.4) is 0 Å². The van der Waals surface area contributed by atoms with Crippen LogP contribution in [0.25, 0.3) is 0 Å². The van der Waals surface area contributed by atoms with Crippen molar-refractivity contribution >= 4 is 11.6 Å². The van der Waals surface area contributed by atoms with Gasteiger partial charge in [-0.05, 0) is 74.1 Å². The quantitative estimate of drug-likeness (QED) is 0.698. The molecule has 5 rings (SSSR count). The monoisotopic (exact) mass is 433 g/mol. The van der Waals surface area contributed by atoms with Crippen LogP contribution in [0.5, 0.6) is 0 Å². The molecule has 1 aromatic rings. The number of unbranched alkanes of at least 4 members (excludes halogenated alkanes) is 1. The molecule has 0 radical (unpaired) electrons. The molecule has 1 amide bonds. The molecule has 3 N–H and O–H groups in total. The number of nitrogens with two attached hydrogens (primary N) is 1. The third-order valence-electron chi connectivity index (χ3n) is 8.02. The summed E-state index contributed by atoms with van der Waals surface area (Å²) in [5.74, 6) is 1.49. The molecule has 32 heavy (non-hydrogen) atoms. The number of aryl methyl sites for hydroxylation is 1. The van der Waals surface area contributed by atoms with Crippen molar-refractivity contribution in [3.05, 3.63) is 64.1 Å². The van der Waals surface area contributed by atoms with Gasteiger partial charge in [0, 0.05) is 25.1 Å². The molecule has 2 heterocycles. The van der Waals surface area contributed by atoms with Gasteiger partial charge in [0.25, 0.3) is 5.91 Å². The second-order valence-corrected chi connectivity index (χ2v) is 9.99. The normalized spacial score (nSPS) is 28.3. The predicted molar refractivity (Wildman–Crippen MR) is 128 cm³/mol. The van der Waals surface area contributed by atoms with Crippen molar-refractivity contribution in [2.24, 2.45) is 17.1 Å². The maximum atomic E-state index is 12.8. The summed E-state index contributed by atoms with van der Waals surface area (Å²) in [7, 11) is 0. The number of likely N-dealkylation sites (tertiary alicyclic amines) is 1. The highest BCUT2D eigenvalue weighted by Gasteiger charge is 2.57. The van der Waals surface area contributed by atoms with Gasteiger partial charge >= 0.3 is 0 Å². The number of aliphatic hydroxyl groups is 1. The number of aliphatic hydroxyl groups excluding tert-OH is 1. The van der Waals surface area contributed by atoms with Crippen LogP contribution in [-0.2, 0) is 4.79 Å². The SMILES string of the molecule is CCC/C=C1\C(C(N)=O)=C2CCCC2=C(N2CCC3(CO)CC3C2)N1c1ccccc1C. The van der Waals surface area contributed by atoms with E-state index in [1.54, 1.807) is 0 Å². The minimum atomic E-state index is -0.320. The maximum Gasteiger partial charge on any atom is 0.251 e. The first-order chi connectivity index (χ1) is 15.5. The number of primary amides is 1. The molecule has 3 fully saturated rings. The van der Waals surface area contributed by atoms with E-state index in [0.717, 1.165) is 75.0 Å². The highest BCUT2D eigenvalue weighted by atomic mass is 16.3. The minimum absolute atomic E-state index is 0.150. The van der Waals surface area contributed by atoms with E-state index in [4.69, 9.17) is 5.73 Å². The summed E-state index contributed by atoms with van der Waals surface area (Å²) < 4.78 is 0. The maximum absolute atomic E-state index is 12.8. The Morgan fingerprint density at radius 2 is 2.06 bits per heavy atom. The van der Waals surface area contributed by atoms with Crippen molar-refractivity contribution in [2.45, 2.75) is 58.8 Å². The van der Waals surface area contributed by atoms with Gasteiger partial charge in [0.1, 0.15) is 5.82 Å². The number of hydrogen-bond acceptors (Lipinski definition) is 4. The van der Waals surface area contributed by atoms with E-state index in [0.29, 0.717) is 18.1 Å². The Balaban J connectivity index is 1.69. The Labute approximate surface area is 191 Å². The van der Waals surface area contributed by atoms with E-state index in [1.165, 1.54) is 17.0 Å². The predicted octanol–water partition coefficient (Wildman–Crippen LogP) is 4.38. The number of rotatable bonds is 6. The molecule has 5 heteroatoms. The topological polar surface area (TPSA) is 69.8 Å². The van der Waals surface area contributed by atoms with E-state index in [-0.39, 0.29) is 11.3 Å². The zero-order valence-corrected chi connectivity index (χ0v) is 19.4. The molecule has 2 aliphatic carbocycles. The number of piperidine rings is 1. The van der Waals surface area contributed by atoms with Crippen LogP contribution in [0.15, 0.2) is 58.6 Å². The zero-order valence-electron chi connectivity index (χ0n) is 19.4. The first-order valence-electron chi connectivity index (χ1n) is 12.2. The van der Waals surface area contributed by atoms with Gasteiger partial charge in [-0.25, -0.2) is 0 Å². The molecule has 0 bridgehead atoms. The number of anilines is 1. The summed E-state index contributed by atoms with van der Waals surface area (Å²) in [6.45, 7) is 6.53. The Morgan fingerprint density at radius 3 is 2.75 bits per heavy atom. The lowest BCUT2D eigenvalue weighted by Crippen LogP contribution is -2.45. The van der Waals surface area contributed by atoms with Crippen LogP contribution in [0.4, 0.5) is 5.69 Å². The standard InChI is InChI=1S/C27H35N3O2/c1-3-4-11-23-24(25(28)32)20-9-7-10-21(20)26(30(23)22-12-6-5-8-18(22)2)29-14-13-27(17-31)15-19(27)16-29/h5-6,8,11-12,19,31H,3-4,7,9-10,13-17H2,1-2H3,(H2,28,32)/b23-11+. The van der Waals surface area contributed by atoms with Gasteiger partial charge in [-0.3, -0.25) is 9.69 Å². The third-order valence-corrected chi connectivity index (χ3v) is 8.02. The number of hydrogen-bond donors (Lipinski definition) is 2. The molecule has 170 valence electrons. The van der Waals surface area contributed by atoms with E-state index >= 15 is 0 Å². The van der Waals surface area contributed by atoms with Gasteiger partial charge in [0.05, 0.1) is 17.0 Å². The highest BCUT2D eigenvalue weighted by molar-refractivity contribution is 6.01. The number of carbonyl (C=O) groups excluding carboxylic acids is 1. The van der Waals surface area contributed by atoms with Crippen LogP contribution in [-0.4, -0.2) is 35.6 Å². The summed E-state index contributed by atoms with van der Waals surface area (Å²) in [5, 5.41) is 9.93. The van der Waals surface area contributed by atoms with Crippen molar-refractivity contribution in [2.75, 3.05) is 24.6 Å². The van der Waals surface area contributed by atoms with Crippen LogP contribution in [0.2, 0.25) is 0 Å². The molecular weight excluding hydrogens is 398 g/mol. The van der Waals surface area contributed by atoms with Gasteiger partial charge in [-0.1, -0.05) is 37.6 Å². The molecule has 2 aliphatic heterocycles. The fourth-order valence-corrected chi connectivity index (χ4v) is 6.10. The summed E-state index contributed by atoms with van der Waals surface area (Å²) in [4.78, 5) is 17.7. The molecule has 4 aliphatic rings. The van der Waals surface area contributed by atoms with Crippen molar-refractivity contribution in [1.29, 1.82) is 0 Å². The molecular formula is C27H35N3O2. The molecule has 2 saturated carbocycles. The van der Waals surface area contributed by atoms with Gasteiger partial charge in [0.15, 0.2) is 0 Å². The molecule has 0 spiro atoms. The Bertz CT molecular complexity index is 1040. The van der Waals surface area contributed by atoms with Crippen molar-refractivity contribution in [3.8, 4) is 0 Å². The molecule has 1 aromatic carbocycles. The Morgan fingerprint density at radius 1 is 1.28 bits per heavy atom. The van der Waals surface area contributed by atoms with Gasteiger partial charge < -0.3 is 15.7 Å². The first-order valence-corrected chi connectivity index (χ1v) is 12.2. The van der Waals surface area contributed by atoms with Crippen LogP contribution in [0.1, 0.15) is 57.4 Å². The summed E-state index contributed by atoms with van der Waals surface area (Å²) in [5.41, 5.74) is 12.6. The molecule has 2 unspecified atom stereocenters. The minimum Gasteiger partial charge on any atom is -0.396 e. The number of fused-ring (bicyclic) bond motifs is 2. The Kier molecular flexibility index (Phi) is 5.40. The average molecular weight is 434 g/mol. The lowest BCUT2D eigenvalue weighted by molar-refractivity contribution is -0.114. The number of para-hydroxylation sites is 1. The number of nitrogens with zero attached hydrogens (tertiary/aromatic N) is 2. The van der Waals surface area contributed by atoms with E-state index in [2.05, 4.69) is 54.0 Å². The molecule has 5 nitrogen and oxygen atoms in total. The molecule has 2 atom stereocenters. The van der Waals surface area contributed by atoms with Crippen molar-refractivity contribution < 1.29 is 9.90 Å². The fraction of sp³-hybridized carbons (Fsp3) is 0.519. The number of allylic oxidation sites excluding steroid dienone is 3.